The molecule has 3 rings (SSSR count). The van der Waals surface area contributed by atoms with E-state index in [2.05, 4.69) is 21.0 Å². The van der Waals surface area contributed by atoms with Gasteiger partial charge in [-0.3, -0.25) is 9.59 Å². The van der Waals surface area contributed by atoms with Crippen molar-refractivity contribution < 1.29 is 4.79 Å². The Balaban J connectivity index is 0.000000921. The smallest absolute Gasteiger partial charge is 0.267 e. The zero-order chi connectivity index (χ0) is 20.9. The number of rotatable bonds is 5. The fourth-order valence-corrected chi connectivity index (χ4v) is 2.82. The average molecular weight is 443 g/mol. The first-order chi connectivity index (χ1) is 13.7. The molecule has 0 aliphatic rings. The highest BCUT2D eigenvalue weighted by molar-refractivity contribution is 9.08. The van der Waals surface area contributed by atoms with Crippen molar-refractivity contribution in [1.82, 2.24) is 9.78 Å². The summed E-state index contributed by atoms with van der Waals surface area (Å²) in [5, 5.41) is 5.23. The van der Waals surface area contributed by atoms with Crippen molar-refractivity contribution in [2.24, 2.45) is 0 Å². The number of alkyl halides is 1. The fraction of sp³-hybridized carbons (Fsp3) is 0.261. The van der Waals surface area contributed by atoms with Crippen LogP contribution in [0, 0.1) is 0 Å². The highest BCUT2D eigenvalue weighted by atomic mass is 79.9. The number of hydrogen-bond donors (Lipinski definition) is 0. The molecule has 148 valence electrons. The van der Waals surface area contributed by atoms with Gasteiger partial charge in [0, 0.05) is 22.5 Å². The minimum absolute atomic E-state index is 0.174. The number of aldehydes is 1. The van der Waals surface area contributed by atoms with Gasteiger partial charge in [0.15, 0.2) is 0 Å². The number of nitrogens with zero attached hydrogens (tertiary/aromatic N) is 2. The van der Waals surface area contributed by atoms with Crippen LogP contribution in [0.3, 0.4) is 0 Å². The van der Waals surface area contributed by atoms with Gasteiger partial charge in [-0.1, -0.05) is 80.0 Å². The number of carbonyl (C=O) groups excluding carboxylic acids is 1. The molecule has 3 aromatic rings. The Kier molecular flexibility index (Phi) is 10.7. The Hall–Kier alpha value is -2.53. The van der Waals surface area contributed by atoms with E-state index in [4.69, 9.17) is 0 Å². The van der Waals surface area contributed by atoms with Crippen molar-refractivity contribution in [1.29, 1.82) is 0 Å². The van der Waals surface area contributed by atoms with Crippen molar-refractivity contribution >= 4 is 22.2 Å². The Morgan fingerprint density at radius 2 is 1.61 bits per heavy atom. The van der Waals surface area contributed by atoms with E-state index in [1.165, 1.54) is 10.7 Å². The van der Waals surface area contributed by atoms with Gasteiger partial charge in [-0.25, -0.2) is 4.68 Å². The van der Waals surface area contributed by atoms with E-state index in [-0.39, 0.29) is 5.56 Å². The molecule has 0 N–H and O–H groups in total. The van der Waals surface area contributed by atoms with Gasteiger partial charge in [0.25, 0.3) is 5.56 Å². The third-order valence-electron chi connectivity index (χ3n) is 3.66. The molecule has 0 radical (unpaired) electrons. The minimum atomic E-state index is -0.174. The highest BCUT2D eigenvalue weighted by Crippen LogP contribution is 2.18. The molecule has 0 aliphatic carbocycles. The minimum Gasteiger partial charge on any atom is -0.298 e. The second-order valence-corrected chi connectivity index (χ2v) is 5.97. The van der Waals surface area contributed by atoms with E-state index in [9.17, 15) is 9.59 Å². The van der Waals surface area contributed by atoms with Crippen molar-refractivity contribution in [2.75, 3.05) is 0 Å². The Bertz CT molecular complexity index is 936. The molecule has 0 fully saturated rings. The Morgan fingerprint density at radius 1 is 0.929 bits per heavy atom. The molecule has 4 nitrogen and oxygen atoms in total. The summed E-state index contributed by atoms with van der Waals surface area (Å²) in [4.78, 5) is 23.0. The summed E-state index contributed by atoms with van der Waals surface area (Å²) >= 11 is 3.44. The molecule has 0 atom stereocenters. The predicted molar refractivity (Wildman–Crippen MR) is 120 cm³/mol. The third-order valence-corrected chi connectivity index (χ3v) is 4.31. The van der Waals surface area contributed by atoms with Gasteiger partial charge in [0.05, 0.1) is 12.2 Å². The number of halogens is 1. The van der Waals surface area contributed by atoms with Crippen LogP contribution in [0.2, 0.25) is 0 Å². The lowest BCUT2D eigenvalue weighted by atomic mass is 10.1. The van der Waals surface area contributed by atoms with Gasteiger partial charge in [0.2, 0.25) is 0 Å². The number of hydrogen-bond acceptors (Lipinski definition) is 3. The van der Waals surface area contributed by atoms with Gasteiger partial charge < -0.3 is 0 Å². The van der Waals surface area contributed by atoms with Crippen LogP contribution in [-0.4, -0.2) is 16.1 Å². The summed E-state index contributed by atoms with van der Waals surface area (Å²) in [5.74, 6) is 0. The van der Waals surface area contributed by atoms with Crippen LogP contribution in [0.4, 0.5) is 0 Å². The topological polar surface area (TPSA) is 52.0 Å². The van der Waals surface area contributed by atoms with E-state index in [0.717, 1.165) is 34.0 Å². The quantitative estimate of drug-likeness (QED) is 0.375. The molecule has 28 heavy (non-hydrogen) atoms. The summed E-state index contributed by atoms with van der Waals surface area (Å²) in [6.07, 6.45) is 0.794. The third kappa shape index (κ3) is 6.57. The molecule has 1 heterocycles. The molecule has 2 aromatic carbocycles. The van der Waals surface area contributed by atoms with E-state index in [0.29, 0.717) is 12.1 Å². The molecular formula is C23H27BrN2O2. The summed E-state index contributed by atoms with van der Waals surface area (Å²) in [7, 11) is 0. The van der Waals surface area contributed by atoms with Gasteiger partial charge >= 0.3 is 0 Å². The summed E-state index contributed by atoms with van der Waals surface area (Å²) in [6, 6.07) is 18.4. The number of carbonyl (C=O) groups is 1. The van der Waals surface area contributed by atoms with Crippen LogP contribution in [-0.2, 0) is 11.9 Å². The summed E-state index contributed by atoms with van der Waals surface area (Å²) in [5.41, 5.74) is 4.12. The van der Waals surface area contributed by atoms with Crippen LogP contribution in [0.15, 0.2) is 65.5 Å². The Labute approximate surface area is 175 Å². The van der Waals surface area contributed by atoms with Crippen LogP contribution in [0.1, 0.15) is 49.2 Å². The molecule has 1 aromatic heterocycles. The zero-order valence-electron chi connectivity index (χ0n) is 16.9. The molecule has 0 unspecified atom stereocenters. The molecular weight excluding hydrogens is 416 g/mol. The highest BCUT2D eigenvalue weighted by Gasteiger charge is 2.05. The van der Waals surface area contributed by atoms with E-state index in [1.807, 2.05) is 58.0 Å². The number of aromatic nitrogens is 2. The maximum atomic E-state index is 12.1. The van der Waals surface area contributed by atoms with Crippen molar-refractivity contribution in [3.05, 3.63) is 87.7 Å². The molecule has 0 saturated heterocycles. The second-order valence-electron chi connectivity index (χ2n) is 5.41. The van der Waals surface area contributed by atoms with Gasteiger partial charge in [-0.2, -0.15) is 5.10 Å². The average Bonchev–Trinajstić information content (AvgIpc) is 2.78. The normalized spacial score (nSPS) is 9.46. The van der Waals surface area contributed by atoms with Crippen molar-refractivity contribution in [2.45, 2.75) is 39.6 Å². The molecule has 0 aliphatic heterocycles. The lowest BCUT2D eigenvalue weighted by molar-refractivity contribution is 0.112. The van der Waals surface area contributed by atoms with Crippen molar-refractivity contribution in [3.8, 4) is 11.3 Å². The number of benzene rings is 2. The van der Waals surface area contributed by atoms with Gasteiger partial charge in [-0.05, 0) is 29.3 Å². The van der Waals surface area contributed by atoms with Crippen LogP contribution >= 0.6 is 15.9 Å². The maximum absolute atomic E-state index is 12.1. The largest absolute Gasteiger partial charge is 0.298 e. The molecule has 0 bridgehead atoms. The first-order valence-corrected chi connectivity index (χ1v) is 10.6. The van der Waals surface area contributed by atoms with Crippen molar-refractivity contribution in [3.63, 3.8) is 0 Å². The monoisotopic (exact) mass is 442 g/mol. The van der Waals surface area contributed by atoms with E-state index >= 15 is 0 Å². The molecule has 5 heteroatoms. The molecule has 0 amide bonds. The zero-order valence-corrected chi connectivity index (χ0v) is 18.4. The van der Waals surface area contributed by atoms with Crippen LogP contribution in [0.25, 0.3) is 11.3 Å². The predicted octanol–water partition coefficient (Wildman–Crippen LogP) is 5.72. The van der Waals surface area contributed by atoms with Gasteiger partial charge in [-0.15, -0.1) is 0 Å². The Morgan fingerprint density at radius 3 is 2.29 bits per heavy atom. The maximum Gasteiger partial charge on any atom is 0.267 e. The van der Waals surface area contributed by atoms with E-state index < -0.39 is 0 Å². The lowest BCUT2D eigenvalue weighted by Crippen LogP contribution is -2.22. The SMILES string of the molecule is CC.CC.O=Cc1cccc(Cn2nc(-c3cccc(CBr)c3)ccc2=O)c1. The molecule has 0 saturated carbocycles. The van der Waals surface area contributed by atoms with E-state index in [1.54, 1.807) is 24.3 Å². The first kappa shape index (κ1) is 23.5. The lowest BCUT2D eigenvalue weighted by Gasteiger charge is -2.08. The fourth-order valence-electron chi connectivity index (χ4n) is 2.47. The van der Waals surface area contributed by atoms with Crippen LogP contribution in [0.5, 0.6) is 0 Å². The summed E-state index contributed by atoms with van der Waals surface area (Å²) in [6.45, 7) is 8.33. The molecule has 0 spiro atoms. The van der Waals surface area contributed by atoms with Gasteiger partial charge in [0.1, 0.15) is 6.29 Å². The first-order valence-electron chi connectivity index (χ1n) is 9.47. The van der Waals surface area contributed by atoms with Crippen LogP contribution < -0.4 is 5.56 Å². The standard InChI is InChI=1S/C19H15BrN2O2.2C2H6/c20-11-14-3-2-6-17(10-14)18-7-8-19(24)22(21-18)12-15-4-1-5-16(9-15)13-23;2*1-2/h1-10,13H,11-12H2;2*1-2H3. The summed E-state index contributed by atoms with van der Waals surface area (Å²) < 4.78 is 1.42. The second kappa shape index (κ2) is 12.8.